The highest BCUT2D eigenvalue weighted by molar-refractivity contribution is 6.34. The first-order valence-electron chi connectivity index (χ1n) is 8.28. The molecule has 0 aliphatic carbocycles. The van der Waals surface area contributed by atoms with Crippen LogP contribution in [0.2, 0.25) is 10.0 Å². The average Bonchev–Trinajstić information content (AvgIpc) is 2.59. The van der Waals surface area contributed by atoms with E-state index in [1.165, 1.54) is 0 Å². The predicted octanol–water partition coefficient (Wildman–Crippen LogP) is 4.39. The number of nitrogens with one attached hydrogen (secondary N) is 1. The Kier molecular flexibility index (Phi) is 13.6. The fourth-order valence-corrected chi connectivity index (χ4v) is 1.59. The number of aliphatic hydroxyl groups excluding tert-OH is 1. The van der Waals surface area contributed by atoms with Crippen molar-refractivity contribution < 1.29 is 56.0 Å². The van der Waals surface area contributed by atoms with E-state index in [1.54, 1.807) is 18.2 Å². The van der Waals surface area contributed by atoms with Crippen molar-refractivity contribution in [2.75, 3.05) is 13.2 Å². The van der Waals surface area contributed by atoms with E-state index in [-0.39, 0.29) is 12.1 Å². The fourth-order valence-electron chi connectivity index (χ4n) is 1.26. The summed E-state index contributed by atoms with van der Waals surface area (Å²) in [5, 5.41) is 28.2. The molecule has 0 aliphatic rings. The van der Waals surface area contributed by atoms with Gasteiger partial charge in [-0.3, -0.25) is 0 Å². The molecule has 1 rings (SSSR count). The number of carboxylic acid groups (broad SMARTS) is 2. The molecule has 32 heavy (non-hydrogen) atoms. The molecule has 0 saturated carbocycles. The Balaban J connectivity index is 0. The summed E-state index contributed by atoms with van der Waals surface area (Å²) in [4.78, 5) is 17.8. The number of halogens is 8. The van der Waals surface area contributed by atoms with Crippen LogP contribution in [0.1, 0.15) is 20.8 Å². The van der Waals surface area contributed by atoms with E-state index in [0.29, 0.717) is 22.3 Å². The summed E-state index contributed by atoms with van der Waals surface area (Å²) in [5.41, 5.74) is -0.0331. The topological polar surface area (TPSA) is 116 Å². The Bertz CT molecular complexity index is 714. The maximum absolute atomic E-state index is 10.6. The molecule has 0 radical (unpaired) electrons. The van der Waals surface area contributed by atoms with Crippen LogP contribution < -0.4 is 10.1 Å². The van der Waals surface area contributed by atoms with Crippen molar-refractivity contribution in [3.05, 3.63) is 28.2 Å². The first kappa shape index (κ1) is 32.2. The standard InChI is InChI=1S/C13H19Cl2NO2.2C2HF3O2/c1-13(2,3)16-7-10(17)8-18-12-6-9(14)4-5-11(12)15;2*3-2(4,5)1(6)7/h4-6,10,16-17H,7-8H2,1-3H3;2*(H,6,7). The van der Waals surface area contributed by atoms with Gasteiger partial charge in [-0.2, -0.15) is 26.3 Å². The van der Waals surface area contributed by atoms with Gasteiger partial charge < -0.3 is 25.4 Å². The summed E-state index contributed by atoms with van der Waals surface area (Å²) in [5.74, 6) is -5.03. The molecule has 0 heterocycles. The molecule has 1 aromatic rings. The van der Waals surface area contributed by atoms with Gasteiger partial charge in [0, 0.05) is 23.2 Å². The Morgan fingerprint density at radius 3 is 1.75 bits per heavy atom. The van der Waals surface area contributed by atoms with E-state index < -0.39 is 30.4 Å². The molecule has 186 valence electrons. The summed E-state index contributed by atoms with van der Waals surface area (Å²) in [7, 11) is 0. The van der Waals surface area contributed by atoms with E-state index in [1.807, 2.05) is 20.8 Å². The van der Waals surface area contributed by atoms with Crippen molar-refractivity contribution in [1.29, 1.82) is 0 Å². The third-order valence-electron chi connectivity index (χ3n) is 2.68. The van der Waals surface area contributed by atoms with Gasteiger partial charge in [-0.1, -0.05) is 23.2 Å². The van der Waals surface area contributed by atoms with Crippen LogP contribution in [0.5, 0.6) is 5.75 Å². The molecule has 15 heteroatoms. The number of rotatable bonds is 5. The van der Waals surface area contributed by atoms with Gasteiger partial charge in [-0.25, -0.2) is 9.59 Å². The minimum atomic E-state index is -5.08. The molecule has 0 aromatic heterocycles. The number of β-amino-alcohol motifs (C(OH)–C–C–N with tert-alkyl or cyclic N) is 1. The molecule has 0 amide bonds. The SMILES string of the molecule is CC(C)(C)NCC(O)COc1cc(Cl)ccc1Cl.O=C(O)C(F)(F)F.O=C(O)C(F)(F)F. The van der Waals surface area contributed by atoms with E-state index in [0.717, 1.165) is 0 Å². The molecule has 1 aromatic carbocycles. The minimum Gasteiger partial charge on any atom is -0.489 e. The monoisotopic (exact) mass is 519 g/mol. The number of alkyl halides is 6. The molecule has 1 atom stereocenters. The van der Waals surface area contributed by atoms with Crippen LogP contribution in [-0.2, 0) is 9.59 Å². The molecule has 0 fully saturated rings. The summed E-state index contributed by atoms with van der Waals surface area (Å²) in [6, 6.07) is 4.99. The largest absolute Gasteiger partial charge is 0.490 e. The van der Waals surface area contributed by atoms with Crippen molar-refractivity contribution in [2.24, 2.45) is 0 Å². The third kappa shape index (κ3) is 17.7. The first-order chi connectivity index (χ1) is 14.2. The number of aliphatic carboxylic acids is 2. The van der Waals surface area contributed by atoms with Crippen LogP contribution in [0.25, 0.3) is 0 Å². The zero-order valence-electron chi connectivity index (χ0n) is 16.8. The summed E-state index contributed by atoms with van der Waals surface area (Å²) in [6.07, 6.45) is -10.8. The average molecular weight is 520 g/mol. The number of hydrogen-bond donors (Lipinski definition) is 4. The predicted molar refractivity (Wildman–Crippen MR) is 103 cm³/mol. The Hall–Kier alpha value is -1.96. The highest BCUT2D eigenvalue weighted by atomic mass is 35.5. The van der Waals surface area contributed by atoms with Crippen LogP contribution in [0.15, 0.2) is 18.2 Å². The van der Waals surface area contributed by atoms with Crippen LogP contribution in [0, 0.1) is 0 Å². The Morgan fingerprint density at radius 2 is 1.41 bits per heavy atom. The zero-order valence-corrected chi connectivity index (χ0v) is 18.3. The first-order valence-corrected chi connectivity index (χ1v) is 9.03. The molecule has 1 unspecified atom stereocenters. The van der Waals surface area contributed by atoms with Gasteiger partial charge in [-0.15, -0.1) is 0 Å². The second kappa shape index (κ2) is 13.6. The molecular formula is C17H21Cl2F6NO6. The third-order valence-corrected chi connectivity index (χ3v) is 3.22. The number of carbonyl (C=O) groups is 2. The van der Waals surface area contributed by atoms with E-state index in [2.05, 4.69) is 5.32 Å². The smallest absolute Gasteiger partial charge is 0.489 e. The highest BCUT2D eigenvalue weighted by Crippen LogP contribution is 2.27. The summed E-state index contributed by atoms with van der Waals surface area (Å²) >= 11 is 11.8. The van der Waals surface area contributed by atoms with Gasteiger partial charge in [0.25, 0.3) is 0 Å². The lowest BCUT2D eigenvalue weighted by Gasteiger charge is -2.23. The van der Waals surface area contributed by atoms with E-state index in [9.17, 15) is 31.4 Å². The lowest BCUT2D eigenvalue weighted by molar-refractivity contribution is -0.193. The van der Waals surface area contributed by atoms with Crippen LogP contribution in [0.3, 0.4) is 0 Å². The molecule has 0 aliphatic heterocycles. The van der Waals surface area contributed by atoms with Crippen molar-refractivity contribution >= 4 is 35.1 Å². The molecule has 0 saturated heterocycles. The second-order valence-corrected chi connectivity index (χ2v) is 7.62. The van der Waals surface area contributed by atoms with Gasteiger partial charge in [0.05, 0.1) is 5.02 Å². The number of aliphatic hydroxyl groups is 1. The second-order valence-electron chi connectivity index (χ2n) is 6.78. The molecule has 0 bridgehead atoms. The van der Waals surface area contributed by atoms with Crippen molar-refractivity contribution in [3.8, 4) is 5.75 Å². The number of benzene rings is 1. The normalized spacial score (nSPS) is 12.5. The van der Waals surface area contributed by atoms with Crippen LogP contribution in [-0.4, -0.2) is 64.4 Å². The van der Waals surface area contributed by atoms with Crippen molar-refractivity contribution in [3.63, 3.8) is 0 Å². The van der Waals surface area contributed by atoms with Gasteiger partial charge in [0.2, 0.25) is 0 Å². The minimum absolute atomic E-state index is 0.0331. The fraction of sp³-hybridized carbons (Fsp3) is 0.529. The highest BCUT2D eigenvalue weighted by Gasteiger charge is 2.38. The Labute approximate surface area is 188 Å². The number of ether oxygens (including phenoxy) is 1. The summed E-state index contributed by atoms with van der Waals surface area (Å²) in [6.45, 7) is 6.74. The quantitative estimate of drug-likeness (QED) is 0.426. The van der Waals surface area contributed by atoms with Gasteiger partial charge >= 0.3 is 24.3 Å². The Morgan fingerprint density at radius 1 is 1.00 bits per heavy atom. The van der Waals surface area contributed by atoms with Crippen molar-refractivity contribution in [1.82, 2.24) is 5.32 Å². The van der Waals surface area contributed by atoms with Crippen LogP contribution in [0.4, 0.5) is 26.3 Å². The molecule has 4 N–H and O–H groups in total. The van der Waals surface area contributed by atoms with Crippen molar-refractivity contribution in [2.45, 2.75) is 44.8 Å². The lowest BCUT2D eigenvalue weighted by atomic mass is 10.1. The molecular weight excluding hydrogens is 499 g/mol. The molecule has 7 nitrogen and oxygen atoms in total. The molecule has 0 spiro atoms. The van der Waals surface area contributed by atoms with E-state index in [4.69, 9.17) is 47.7 Å². The summed E-state index contributed by atoms with van der Waals surface area (Å²) < 4.78 is 68.9. The van der Waals surface area contributed by atoms with E-state index >= 15 is 0 Å². The number of hydrogen-bond acceptors (Lipinski definition) is 5. The zero-order chi connectivity index (χ0) is 25.9. The van der Waals surface area contributed by atoms with Gasteiger partial charge in [-0.05, 0) is 32.9 Å². The van der Waals surface area contributed by atoms with Gasteiger partial charge in [0.15, 0.2) is 0 Å². The van der Waals surface area contributed by atoms with Crippen LogP contribution >= 0.6 is 23.2 Å². The van der Waals surface area contributed by atoms with Gasteiger partial charge in [0.1, 0.15) is 18.5 Å². The number of carboxylic acids is 2. The lowest BCUT2D eigenvalue weighted by Crippen LogP contribution is -2.42. The maximum atomic E-state index is 10.6. The maximum Gasteiger partial charge on any atom is 0.490 e.